The molecule has 2 amide bonds. The van der Waals surface area contributed by atoms with E-state index in [1.807, 2.05) is 38.1 Å². The van der Waals surface area contributed by atoms with Crippen molar-refractivity contribution in [3.63, 3.8) is 0 Å². The third-order valence-electron chi connectivity index (χ3n) is 3.21. The van der Waals surface area contributed by atoms with Gasteiger partial charge in [-0.2, -0.15) is 0 Å². The standard InChI is InChI=1S/C14H18N2O2/c1-10(2)13(17)9-16-12-7-5-4-6-11(12)8-15(3)14(16)18/h4-7,10H,8-9H2,1-3H3. The Morgan fingerprint density at radius 3 is 2.67 bits per heavy atom. The van der Waals surface area contributed by atoms with Gasteiger partial charge >= 0.3 is 6.03 Å². The van der Waals surface area contributed by atoms with Crippen LogP contribution in [0.4, 0.5) is 10.5 Å². The maximum atomic E-state index is 12.1. The highest BCUT2D eigenvalue weighted by molar-refractivity contribution is 6.00. The molecule has 1 heterocycles. The highest BCUT2D eigenvalue weighted by atomic mass is 16.2. The van der Waals surface area contributed by atoms with Gasteiger partial charge in [0.25, 0.3) is 0 Å². The van der Waals surface area contributed by atoms with Crippen molar-refractivity contribution in [2.75, 3.05) is 18.5 Å². The number of para-hydroxylation sites is 1. The molecule has 1 aliphatic rings. The van der Waals surface area contributed by atoms with E-state index in [1.165, 1.54) is 0 Å². The van der Waals surface area contributed by atoms with E-state index in [2.05, 4.69) is 0 Å². The number of hydrogen-bond donors (Lipinski definition) is 0. The molecule has 0 saturated carbocycles. The lowest BCUT2D eigenvalue weighted by atomic mass is 10.1. The minimum atomic E-state index is -0.109. The lowest BCUT2D eigenvalue weighted by Crippen LogP contribution is -2.47. The quantitative estimate of drug-likeness (QED) is 0.821. The molecular weight excluding hydrogens is 228 g/mol. The Morgan fingerprint density at radius 1 is 1.33 bits per heavy atom. The van der Waals surface area contributed by atoms with Crippen molar-refractivity contribution >= 4 is 17.5 Å². The Hall–Kier alpha value is -1.84. The molecule has 4 heteroatoms. The Bertz CT molecular complexity index is 482. The number of amides is 2. The van der Waals surface area contributed by atoms with Gasteiger partial charge in [-0.05, 0) is 11.6 Å². The number of ketones is 1. The number of carbonyl (C=O) groups is 2. The van der Waals surface area contributed by atoms with E-state index >= 15 is 0 Å². The predicted octanol–water partition coefficient (Wildman–Crippen LogP) is 2.28. The van der Waals surface area contributed by atoms with Gasteiger partial charge in [0.1, 0.15) is 0 Å². The molecule has 0 aliphatic carbocycles. The van der Waals surface area contributed by atoms with Crippen LogP contribution in [-0.4, -0.2) is 30.3 Å². The lowest BCUT2D eigenvalue weighted by molar-refractivity contribution is -0.120. The summed E-state index contributed by atoms with van der Waals surface area (Å²) in [4.78, 5) is 27.2. The van der Waals surface area contributed by atoms with Gasteiger partial charge in [0.05, 0.1) is 12.2 Å². The summed E-state index contributed by atoms with van der Waals surface area (Å²) in [5.74, 6) is 0.0191. The van der Waals surface area contributed by atoms with Crippen molar-refractivity contribution in [2.24, 2.45) is 5.92 Å². The summed E-state index contributed by atoms with van der Waals surface area (Å²) in [6.45, 7) is 4.46. The number of nitrogens with zero attached hydrogens (tertiary/aromatic N) is 2. The van der Waals surface area contributed by atoms with Gasteiger partial charge in [0.2, 0.25) is 0 Å². The number of urea groups is 1. The first-order valence-corrected chi connectivity index (χ1v) is 6.14. The highest BCUT2D eigenvalue weighted by Crippen LogP contribution is 2.27. The summed E-state index contributed by atoms with van der Waals surface area (Å²) in [6.07, 6.45) is 0. The molecule has 0 aromatic heterocycles. The van der Waals surface area contributed by atoms with Gasteiger partial charge in [0.15, 0.2) is 5.78 Å². The molecular formula is C14H18N2O2. The molecule has 0 N–H and O–H groups in total. The Labute approximate surface area is 107 Å². The van der Waals surface area contributed by atoms with E-state index in [9.17, 15) is 9.59 Å². The molecule has 0 radical (unpaired) electrons. The van der Waals surface area contributed by atoms with Crippen molar-refractivity contribution < 1.29 is 9.59 Å². The molecule has 0 bridgehead atoms. The zero-order chi connectivity index (χ0) is 13.3. The molecule has 0 spiro atoms. The molecule has 0 atom stereocenters. The maximum absolute atomic E-state index is 12.1. The summed E-state index contributed by atoms with van der Waals surface area (Å²) in [6, 6.07) is 7.62. The Kier molecular flexibility index (Phi) is 3.36. The molecule has 1 aliphatic heterocycles. The van der Waals surface area contributed by atoms with Crippen LogP contribution in [0.25, 0.3) is 0 Å². The zero-order valence-electron chi connectivity index (χ0n) is 11.0. The molecule has 2 rings (SSSR count). The van der Waals surface area contributed by atoms with Gasteiger partial charge in [-0.3, -0.25) is 9.69 Å². The van der Waals surface area contributed by atoms with E-state index < -0.39 is 0 Å². The smallest absolute Gasteiger partial charge is 0.323 e. The van der Waals surface area contributed by atoms with Crippen molar-refractivity contribution in [2.45, 2.75) is 20.4 Å². The zero-order valence-corrected chi connectivity index (χ0v) is 11.0. The highest BCUT2D eigenvalue weighted by Gasteiger charge is 2.29. The van der Waals surface area contributed by atoms with Crippen LogP contribution in [-0.2, 0) is 11.3 Å². The van der Waals surface area contributed by atoms with Crippen molar-refractivity contribution in [1.29, 1.82) is 0 Å². The average Bonchev–Trinajstić information content (AvgIpc) is 2.34. The van der Waals surface area contributed by atoms with Gasteiger partial charge in [-0.15, -0.1) is 0 Å². The largest absolute Gasteiger partial charge is 0.324 e. The van der Waals surface area contributed by atoms with E-state index in [4.69, 9.17) is 0 Å². The molecule has 18 heavy (non-hydrogen) atoms. The number of rotatable bonds is 3. The monoisotopic (exact) mass is 246 g/mol. The van der Waals surface area contributed by atoms with Crippen LogP contribution < -0.4 is 4.90 Å². The van der Waals surface area contributed by atoms with Gasteiger partial charge < -0.3 is 4.90 Å². The topological polar surface area (TPSA) is 40.6 Å². The summed E-state index contributed by atoms with van der Waals surface area (Å²) in [7, 11) is 1.76. The normalized spacial score (nSPS) is 15.0. The molecule has 1 aromatic carbocycles. The van der Waals surface area contributed by atoms with E-state index in [-0.39, 0.29) is 24.3 Å². The first-order valence-electron chi connectivity index (χ1n) is 6.14. The fourth-order valence-electron chi connectivity index (χ4n) is 2.03. The van der Waals surface area contributed by atoms with Crippen molar-refractivity contribution in [3.05, 3.63) is 29.8 Å². The first kappa shape index (κ1) is 12.6. The Morgan fingerprint density at radius 2 is 2.00 bits per heavy atom. The SMILES string of the molecule is CC(C)C(=O)CN1C(=O)N(C)Cc2ccccc21. The van der Waals surface area contributed by atoms with Crippen LogP contribution in [0.5, 0.6) is 0 Å². The van der Waals surface area contributed by atoms with E-state index in [0.29, 0.717) is 6.54 Å². The van der Waals surface area contributed by atoms with Crippen LogP contribution in [0.2, 0.25) is 0 Å². The lowest BCUT2D eigenvalue weighted by Gasteiger charge is -2.35. The van der Waals surface area contributed by atoms with Gasteiger partial charge in [0, 0.05) is 19.5 Å². The van der Waals surface area contributed by atoms with Crippen molar-refractivity contribution in [3.8, 4) is 0 Å². The Balaban J connectivity index is 2.33. The van der Waals surface area contributed by atoms with Crippen molar-refractivity contribution in [1.82, 2.24) is 4.90 Å². The molecule has 0 saturated heterocycles. The number of anilines is 1. The van der Waals surface area contributed by atoms with E-state index in [0.717, 1.165) is 11.3 Å². The second-order valence-corrected chi connectivity index (χ2v) is 4.97. The number of carbonyl (C=O) groups excluding carboxylic acids is 2. The second-order valence-electron chi connectivity index (χ2n) is 4.97. The molecule has 96 valence electrons. The summed E-state index contributed by atoms with van der Waals surface area (Å²) < 4.78 is 0. The second kappa shape index (κ2) is 4.80. The number of Topliss-reactive ketones (excluding diaryl/α,β-unsaturated/α-hetero) is 1. The third-order valence-corrected chi connectivity index (χ3v) is 3.21. The summed E-state index contributed by atoms with van der Waals surface area (Å²) >= 11 is 0. The third kappa shape index (κ3) is 2.23. The molecule has 0 unspecified atom stereocenters. The van der Waals surface area contributed by atoms with Gasteiger partial charge in [-0.25, -0.2) is 4.79 Å². The maximum Gasteiger partial charge on any atom is 0.324 e. The molecule has 0 fully saturated rings. The fraction of sp³-hybridized carbons (Fsp3) is 0.429. The number of hydrogen-bond acceptors (Lipinski definition) is 2. The summed E-state index contributed by atoms with van der Waals surface area (Å²) in [5.41, 5.74) is 1.94. The van der Waals surface area contributed by atoms with Crippen LogP contribution in [0.3, 0.4) is 0 Å². The number of benzene rings is 1. The minimum Gasteiger partial charge on any atom is -0.323 e. The van der Waals surface area contributed by atoms with E-state index in [1.54, 1.807) is 16.8 Å². The number of fused-ring (bicyclic) bond motifs is 1. The summed E-state index contributed by atoms with van der Waals surface area (Å²) in [5, 5.41) is 0. The fourth-order valence-corrected chi connectivity index (χ4v) is 2.03. The van der Waals surface area contributed by atoms with Gasteiger partial charge in [-0.1, -0.05) is 32.0 Å². The molecule has 4 nitrogen and oxygen atoms in total. The van der Waals surface area contributed by atoms with Crippen LogP contribution >= 0.6 is 0 Å². The van der Waals surface area contributed by atoms with Crippen LogP contribution in [0.15, 0.2) is 24.3 Å². The predicted molar refractivity (Wildman–Crippen MR) is 70.5 cm³/mol. The first-order chi connectivity index (χ1) is 8.50. The molecule has 1 aromatic rings. The van der Waals surface area contributed by atoms with Crippen LogP contribution in [0, 0.1) is 5.92 Å². The average molecular weight is 246 g/mol. The van der Waals surface area contributed by atoms with Crippen LogP contribution in [0.1, 0.15) is 19.4 Å². The minimum absolute atomic E-state index is 0.0582.